The lowest BCUT2D eigenvalue weighted by molar-refractivity contribution is 0.0304. The van der Waals surface area contributed by atoms with Gasteiger partial charge in [-0.2, -0.15) is 0 Å². The van der Waals surface area contributed by atoms with E-state index < -0.39 is 0 Å². The zero-order chi connectivity index (χ0) is 11.5. The first kappa shape index (κ1) is 10.8. The van der Waals surface area contributed by atoms with E-state index in [2.05, 4.69) is 0 Å². The minimum absolute atomic E-state index is 0.112. The van der Waals surface area contributed by atoms with Crippen LogP contribution in [0.5, 0.6) is 0 Å². The third-order valence-electron chi connectivity index (χ3n) is 2.64. The number of anilines is 2. The zero-order valence-electron chi connectivity index (χ0n) is 8.98. The third-order valence-corrected chi connectivity index (χ3v) is 2.64. The fourth-order valence-corrected chi connectivity index (χ4v) is 1.76. The van der Waals surface area contributed by atoms with Crippen molar-refractivity contribution in [1.29, 1.82) is 0 Å². The molecule has 0 saturated carbocycles. The van der Waals surface area contributed by atoms with Crippen LogP contribution in [0, 0.1) is 0 Å². The molecular weight excluding hydrogens is 206 g/mol. The molecule has 5 nitrogen and oxygen atoms in total. The summed E-state index contributed by atoms with van der Waals surface area (Å²) < 4.78 is 5.19. The number of amides is 1. The molecular formula is C11H15N3O2. The van der Waals surface area contributed by atoms with Crippen molar-refractivity contribution in [1.82, 2.24) is 4.90 Å². The fourth-order valence-electron chi connectivity index (χ4n) is 1.76. The number of morpholine rings is 1. The standard InChI is InChI=1S/C11H15N3O2/c12-8-2-1-3-9(13)10(8)11(15)14-4-6-16-7-5-14/h1-3H,4-7,12-13H2. The lowest BCUT2D eigenvalue weighted by atomic mass is 10.1. The van der Waals surface area contributed by atoms with E-state index in [9.17, 15) is 4.79 Å². The number of nitrogens with zero attached hydrogens (tertiary/aromatic N) is 1. The van der Waals surface area contributed by atoms with Crippen molar-refractivity contribution in [3.63, 3.8) is 0 Å². The maximum absolute atomic E-state index is 12.2. The van der Waals surface area contributed by atoms with Gasteiger partial charge in [0, 0.05) is 24.5 Å². The van der Waals surface area contributed by atoms with E-state index in [1.165, 1.54) is 0 Å². The second-order valence-corrected chi connectivity index (χ2v) is 3.72. The Morgan fingerprint density at radius 1 is 1.19 bits per heavy atom. The van der Waals surface area contributed by atoms with Crippen LogP contribution in [0.15, 0.2) is 18.2 Å². The maximum Gasteiger partial charge on any atom is 0.258 e. The van der Waals surface area contributed by atoms with Crippen LogP contribution in [0.3, 0.4) is 0 Å². The van der Waals surface area contributed by atoms with Gasteiger partial charge in [-0.05, 0) is 12.1 Å². The largest absolute Gasteiger partial charge is 0.398 e. The van der Waals surface area contributed by atoms with Gasteiger partial charge in [-0.1, -0.05) is 6.07 Å². The number of ether oxygens (including phenoxy) is 1. The second-order valence-electron chi connectivity index (χ2n) is 3.72. The molecule has 0 bridgehead atoms. The highest BCUT2D eigenvalue weighted by Gasteiger charge is 2.22. The van der Waals surface area contributed by atoms with Gasteiger partial charge in [-0.25, -0.2) is 0 Å². The van der Waals surface area contributed by atoms with Gasteiger partial charge in [0.15, 0.2) is 0 Å². The van der Waals surface area contributed by atoms with Crippen LogP contribution in [-0.4, -0.2) is 37.1 Å². The summed E-state index contributed by atoms with van der Waals surface area (Å²) in [5.41, 5.74) is 12.8. The van der Waals surface area contributed by atoms with E-state index in [0.29, 0.717) is 43.2 Å². The van der Waals surface area contributed by atoms with E-state index in [1.54, 1.807) is 23.1 Å². The molecule has 1 aliphatic heterocycles. The molecule has 16 heavy (non-hydrogen) atoms. The van der Waals surface area contributed by atoms with Crippen LogP contribution < -0.4 is 11.5 Å². The highest BCUT2D eigenvalue weighted by Crippen LogP contribution is 2.21. The summed E-state index contributed by atoms with van der Waals surface area (Å²) >= 11 is 0. The molecule has 1 saturated heterocycles. The van der Waals surface area contributed by atoms with Crippen LogP contribution in [0.1, 0.15) is 10.4 Å². The molecule has 1 aromatic carbocycles. The third kappa shape index (κ3) is 1.94. The van der Waals surface area contributed by atoms with Crippen LogP contribution in [0.4, 0.5) is 11.4 Å². The van der Waals surface area contributed by atoms with E-state index in [4.69, 9.17) is 16.2 Å². The van der Waals surface area contributed by atoms with Gasteiger partial charge in [0.2, 0.25) is 0 Å². The topological polar surface area (TPSA) is 81.6 Å². The molecule has 0 spiro atoms. The van der Waals surface area contributed by atoms with Gasteiger partial charge >= 0.3 is 0 Å². The van der Waals surface area contributed by atoms with Gasteiger partial charge in [0.05, 0.1) is 18.8 Å². The number of nitrogen functional groups attached to an aromatic ring is 2. The van der Waals surface area contributed by atoms with Gasteiger partial charge in [0.1, 0.15) is 0 Å². The molecule has 1 fully saturated rings. The van der Waals surface area contributed by atoms with Gasteiger partial charge in [-0.15, -0.1) is 0 Å². The predicted molar refractivity (Wildman–Crippen MR) is 62.0 cm³/mol. The predicted octanol–water partition coefficient (Wildman–Crippen LogP) is 0.323. The Morgan fingerprint density at radius 2 is 1.75 bits per heavy atom. The zero-order valence-corrected chi connectivity index (χ0v) is 8.98. The molecule has 5 heteroatoms. The van der Waals surface area contributed by atoms with E-state index in [-0.39, 0.29) is 5.91 Å². The highest BCUT2D eigenvalue weighted by atomic mass is 16.5. The first-order valence-electron chi connectivity index (χ1n) is 5.21. The van der Waals surface area contributed by atoms with E-state index in [0.717, 1.165) is 0 Å². The van der Waals surface area contributed by atoms with Crippen molar-refractivity contribution in [3.8, 4) is 0 Å². The summed E-state index contributed by atoms with van der Waals surface area (Å²) in [6.45, 7) is 2.32. The monoisotopic (exact) mass is 221 g/mol. The van der Waals surface area contributed by atoms with Gasteiger partial charge in [-0.3, -0.25) is 4.79 Å². The minimum Gasteiger partial charge on any atom is -0.398 e. The van der Waals surface area contributed by atoms with Crippen LogP contribution >= 0.6 is 0 Å². The summed E-state index contributed by atoms with van der Waals surface area (Å²) in [5.74, 6) is -0.112. The summed E-state index contributed by atoms with van der Waals surface area (Å²) in [6, 6.07) is 5.11. The SMILES string of the molecule is Nc1cccc(N)c1C(=O)N1CCOCC1. The smallest absolute Gasteiger partial charge is 0.258 e. The number of benzene rings is 1. The Balaban J connectivity index is 2.26. The molecule has 2 rings (SSSR count). The molecule has 0 radical (unpaired) electrons. The number of rotatable bonds is 1. The molecule has 4 N–H and O–H groups in total. The molecule has 1 amide bonds. The van der Waals surface area contributed by atoms with Crippen LogP contribution in [-0.2, 0) is 4.74 Å². The first-order valence-corrected chi connectivity index (χ1v) is 5.21. The highest BCUT2D eigenvalue weighted by molar-refractivity contribution is 6.04. The van der Waals surface area contributed by atoms with E-state index >= 15 is 0 Å². The van der Waals surface area contributed by atoms with Crippen LogP contribution in [0.25, 0.3) is 0 Å². The Labute approximate surface area is 94.0 Å². The fraction of sp³-hybridized carbons (Fsp3) is 0.364. The minimum atomic E-state index is -0.112. The summed E-state index contributed by atoms with van der Waals surface area (Å²) in [5, 5.41) is 0. The van der Waals surface area contributed by atoms with Crippen LogP contribution in [0.2, 0.25) is 0 Å². The Morgan fingerprint density at radius 3 is 2.31 bits per heavy atom. The van der Waals surface area contributed by atoms with Gasteiger partial charge in [0.25, 0.3) is 5.91 Å². The number of carbonyl (C=O) groups is 1. The quantitative estimate of drug-likeness (QED) is 0.669. The Kier molecular flexibility index (Phi) is 2.96. The van der Waals surface area contributed by atoms with Crippen molar-refractivity contribution in [3.05, 3.63) is 23.8 Å². The number of hydrogen-bond acceptors (Lipinski definition) is 4. The summed E-state index contributed by atoms with van der Waals surface area (Å²) in [7, 11) is 0. The molecule has 1 heterocycles. The maximum atomic E-state index is 12.2. The van der Waals surface area contributed by atoms with Crippen molar-refractivity contribution in [2.75, 3.05) is 37.8 Å². The number of carbonyl (C=O) groups excluding carboxylic acids is 1. The lowest BCUT2D eigenvalue weighted by Gasteiger charge is -2.27. The summed E-state index contributed by atoms with van der Waals surface area (Å²) in [4.78, 5) is 13.9. The molecule has 0 unspecified atom stereocenters. The molecule has 0 aromatic heterocycles. The van der Waals surface area contributed by atoms with E-state index in [1.807, 2.05) is 0 Å². The Bertz CT molecular complexity index is 380. The Hall–Kier alpha value is -1.75. The lowest BCUT2D eigenvalue weighted by Crippen LogP contribution is -2.41. The van der Waals surface area contributed by atoms with Crippen molar-refractivity contribution in [2.45, 2.75) is 0 Å². The average Bonchev–Trinajstić information content (AvgIpc) is 2.30. The molecule has 0 aliphatic carbocycles. The summed E-state index contributed by atoms with van der Waals surface area (Å²) in [6.07, 6.45) is 0. The molecule has 86 valence electrons. The molecule has 1 aliphatic rings. The second kappa shape index (κ2) is 4.40. The normalized spacial score (nSPS) is 16.1. The van der Waals surface area contributed by atoms with Crippen molar-refractivity contribution in [2.24, 2.45) is 0 Å². The molecule has 0 atom stereocenters. The van der Waals surface area contributed by atoms with Crippen molar-refractivity contribution < 1.29 is 9.53 Å². The van der Waals surface area contributed by atoms with Crippen molar-refractivity contribution >= 4 is 17.3 Å². The molecule has 1 aromatic rings. The average molecular weight is 221 g/mol. The van der Waals surface area contributed by atoms with Gasteiger partial charge < -0.3 is 21.1 Å². The number of nitrogens with two attached hydrogens (primary N) is 2. The number of hydrogen-bond donors (Lipinski definition) is 2. The first-order chi connectivity index (χ1) is 7.70.